The summed E-state index contributed by atoms with van der Waals surface area (Å²) in [4.78, 5) is 95.7. The molecular weight excluding hydrogens is 779 g/mol. The topological polar surface area (TPSA) is 266 Å². The number of benzene rings is 1. The van der Waals surface area contributed by atoms with Crippen molar-refractivity contribution in [3.8, 4) is 0 Å². The van der Waals surface area contributed by atoms with Gasteiger partial charge >= 0.3 is 0 Å². The minimum atomic E-state index is -1.17. The zero-order chi connectivity index (χ0) is 41.6. The van der Waals surface area contributed by atoms with E-state index in [1.54, 1.807) is 38.1 Å². The molecule has 7 amide bonds. The summed E-state index contributed by atoms with van der Waals surface area (Å²) in [6.07, 6.45) is 1.20. The average molecular weight is 842 g/mol. The lowest BCUT2D eigenvalue weighted by molar-refractivity contribution is -0.136. The van der Waals surface area contributed by atoms with Gasteiger partial charge in [-0.15, -0.1) is 0 Å². The number of hydrogen-bond acceptors (Lipinski definition) is 11. The fraction of sp³-hybridized carbons (Fsp3) is 0.629. The van der Waals surface area contributed by atoms with Crippen molar-refractivity contribution in [1.29, 1.82) is 0 Å². The Labute approximate surface area is 336 Å². The van der Waals surface area contributed by atoms with E-state index in [0.29, 0.717) is 26.1 Å². The molecular formula is C35H62N11O7P3. The van der Waals surface area contributed by atoms with E-state index in [2.05, 4.69) is 80.7 Å². The van der Waals surface area contributed by atoms with Crippen molar-refractivity contribution in [3.63, 3.8) is 0 Å². The van der Waals surface area contributed by atoms with Crippen LogP contribution in [-0.2, 0) is 40.0 Å². The largest absolute Gasteiger partial charge is 0.354 e. The van der Waals surface area contributed by atoms with E-state index in [1.165, 1.54) is 0 Å². The van der Waals surface area contributed by atoms with E-state index in [-0.39, 0.29) is 45.1 Å². The van der Waals surface area contributed by atoms with Gasteiger partial charge < -0.3 is 58.2 Å². The average Bonchev–Trinajstić information content (AvgIpc) is 3.19. The predicted molar refractivity (Wildman–Crippen MR) is 224 cm³/mol. The highest BCUT2D eigenvalue weighted by Gasteiger charge is 2.35. The molecule has 12 N–H and O–H groups in total. The van der Waals surface area contributed by atoms with Gasteiger partial charge in [0.2, 0.25) is 41.4 Å². The summed E-state index contributed by atoms with van der Waals surface area (Å²) in [6, 6.07) is 1.32. The molecule has 1 aliphatic heterocycles. The Morgan fingerprint density at radius 1 is 0.625 bits per heavy atom. The number of amides is 7. The van der Waals surface area contributed by atoms with E-state index in [9.17, 15) is 33.6 Å². The summed E-state index contributed by atoms with van der Waals surface area (Å²) in [6.45, 7) is 6.25. The first-order valence-electron chi connectivity index (χ1n) is 19.0. The van der Waals surface area contributed by atoms with Crippen LogP contribution in [-0.4, -0.2) is 110 Å². The Morgan fingerprint density at radius 3 is 1.55 bits per heavy atom. The van der Waals surface area contributed by atoms with E-state index in [1.807, 2.05) is 13.0 Å². The lowest BCUT2D eigenvalue weighted by Crippen LogP contribution is -2.61. The lowest BCUT2D eigenvalue weighted by Gasteiger charge is -2.29. The molecule has 56 heavy (non-hydrogen) atoms. The van der Waals surface area contributed by atoms with Crippen molar-refractivity contribution in [1.82, 2.24) is 52.5 Å². The molecule has 21 heteroatoms. The van der Waals surface area contributed by atoms with Crippen molar-refractivity contribution in [2.45, 2.75) is 108 Å². The molecule has 1 heterocycles. The third kappa shape index (κ3) is 16.6. The third-order valence-electron chi connectivity index (χ3n) is 9.47. The first kappa shape index (κ1) is 48.8. The van der Waals surface area contributed by atoms with Crippen LogP contribution < -0.4 is 58.2 Å². The summed E-state index contributed by atoms with van der Waals surface area (Å²) in [5, 5.41) is 27.8. The molecule has 1 aromatic carbocycles. The number of hydrogen-bond donors (Lipinski definition) is 11. The molecule has 11 atom stereocenters. The van der Waals surface area contributed by atoms with Crippen LogP contribution in [0, 0.1) is 5.92 Å². The second-order valence-electron chi connectivity index (χ2n) is 13.7. The molecule has 0 aliphatic carbocycles. The van der Waals surface area contributed by atoms with Crippen LogP contribution in [0.1, 0.15) is 64.9 Å². The zero-order valence-electron chi connectivity index (χ0n) is 32.5. The minimum Gasteiger partial charge on any atom is -0.354 e. The molecule has 0 spiro atoms. The van der Waals surface area contributed by atoms with Gasteiger partial charge in [-0.2, -0.15) is 0 Å². The number of carbonyl (C=O) groups excluding carboxylic acids is 7. The first-order valence-corrected chi connectivity index (χ1v) is 20.7. The summed E-state index contributed by atoms with van der Waals surface area (Å²) in [5.74, 6) is -4.75. The first-order chi connectivity index (χ1) is 26.8. The normalized spacial score (nSPS) is 26.1. The highest BCUT2D eigenvalue weighted by Crippen LogP contribution is 2.12. The Kier molecular flexibility index (Phi) is 23.1. The van der Waals surface area contributed by atoms with Crippen LogP contribution >= 0.6 is 28.2 Å². The third-order valence-corrected chi connectivity index (χ3v) is 10.3. The van der Waals surface area contributed by atoms with Crippen LogP contribution in [0.2, 0.25) is 0 Å². The van der Waals surface area contributed by atoms with Crippen LogP contribution in [0.3, 0.4) is 0 Å². The SMILES string of the molecule is CCC(C)C1NC(=O)C(Cc2ccccc2)NC(=O)C(CCNP)NC(=O)C(N)CCNC(=O)[C@H](CC)NC(=O)C(CCNP)NC(=O)C(CCNP)NC1=O. The van der Waals surface area contributed by atoms with Crippen molar-refractivity contribution >= 4 is 69.5 Å². The maximum absolute atomic E-state index is 14.1. The molecule has 18 nitrogen and oxygen atoms in total. The van der Waals surface area contributed by atoms with E-state index in [4.69, 9.17) is 5.73 Å². The van der Waals surface area contributed by atoms with Gasteiger partial charge in [-0.25, -0.2) is 0 Å². The number of rotatable bonds is 14. The van der Waals surface area contributed by atoms with Gasteiger partial charge in [0, 0.05) is 32.6 Å². The van der Waals surface area contributed by atoms with Crippen molar-refractivity contribution in [3.05, 3.63) is 35.9 Å². The Hall–Kier alpha value is -3.36. The van der Waals surface area contributed by atoms with Crippen LogP contribution in [0.4, 0.5) is 0 Å². The van der Waals surface area contributed by atoms with Crippen LogP contribution in [0.15, 0.2) is 30.3 Å². The zero-order valence-corrected chi connectivity index (χ0v) is 35.9. The van der Waals surface area contributed by atoms with Crippen LogP contribution in [0.25, 0.3) is 0 Å². The predicted octanol–water partition coefficient (Wildman–Crippen LogP) is -2.25. The van der Waals surface area contributed by atoms with Crippen LogP contribution in [0.5, 0.6) is 0 Å². The van der Waals surface area contributed by atoms with Gasteiger partial charge in [-0.1, -0.05) is 85.7 Å². The number of nitrogens with one attached hydrogen (secondary N) is 10. The van der Waals surface area contributed by atoms with Crippen molar-refractivity contribution in [2.75, 3.05) is 26.2 Å². The van der Waals surface area contributed by atoms with Crippen molar-refractivity contribution in [2.24, 2.45) is 11.7 Å². The molecule has 0 bridgehead atoms. The molecule has 0 radical (unpaired) electrons. The summed E-state index contributed by atoms with van der Waals surface area (Å²) in [5.41, 5.74) is 6.92. The molecule has 314 valence electrons. The molecule has 1 saturated heterocycles. The Bertz CT molecular complexity index is 1450. The van der Waals surface area contributed by atoms with Gasteiger partial charge in [0.15, 0.2) is 0 Å². The number of carbonyl (C=O) groups is 7. The van der Waals surface area contributed by atoms with Gasteiger partial charge in [0.05, 0.1) is 6.04 Å². The van der Waals surface area contributed by atoms with Gasteiger partial charge in [0.1, 0.15) is 36.3 Å². The maximum atomic E-state index is 14.1. The molecule has 1 aromatic rings. The summed E-state index contributed by atoms with van der Waals surface area (Å²) in [7, 11) is 6.99. The fourth-order valence-corrected chi connectivity index (χ4v) is 6.32. The van der Waals surface area contributed by atoms with E-state index < -0.39 is 89.6 Å². The molecule has 2 rings (SSSR count). The van der Waals surface area contributed by atoms with Gasteiger partial charge in [-0.3, -0.25) is 33.6 Å². The maximum Gasteiger partial charge on any atom is 0.243 e. The molecule has 1 aliphatic rings. The summed E-state index contributed by atoms with van der Waals surface area (Å²) < 4.78 is 0. The van der Waals surface area contributed by atoms with Crippen molar-refractivity contribution < 1.29 is 33.6 Å². The molecule has 10 unspecified atom stereocenters. The number of nitrogens with two attached hydrogens (primary N) is 1. The molecule has 0 aromatic heterocycles. The highest BCUT2D eigenvalue weighted by molar-refractivity contribution is 7.14. The van der Waals surface area contributed by atoms with E-state index in [0.717, 1.165) is 5.56 Å². The van der Waals surface area contributed by atoms with Gasteiger partial charge in [0.25, 0.3) is 0 Å². The monoisotopic (exact) mass is 841 g/mol. The highest BCUT2D eigenvalue weighted by atomic mass is 31.0. The molecule has 0 saturated carbocycles. The summed E-state index contributed by atoms with van der Waals surface area (Å²) >= 11 is 0. The second kappa shape index (κ2) is 26.5. The Balaban J connectivity index is 2.61. The fourth-order valence-electron chi connectivity index (χ4n) is 5.82. The standard InChI is InChI=1S/C35H62N11O7P3/c1-4-20(3)28-35(53)44-26(14-18-40-56)32(50)43-25(13-17-39-55)31(49)41-23(5-2)30(48)37-15-11-22(36)29(47)42-24(12-16-38-54)33(51)45-27(34(52)46-28)19-21-9-7-6-8-10-21/h6-10,20,22-28,38-40H,4-5,11-19,36,54-56H2,1-3H3,(H,37,48)(H,41,49)(H,42,47)(H,43,50)(H,44,53)(H,45,51)(H,46,52)/t20?,22?,23-,24?,25?,26?,27?,28?/m0/s1. The minimum absolute atomic E-state index is 0.0112. The van der Waals surface area contributed by atoms with Gasteiger partial charge in [-0.05, 0) is 43.6 Å². The quantitative estimate of drug-likeness (QED) is 0.0892. The Morgan fingerprint density at radius 2 is 1.07 bits per heavy atom. The smallest absolute Gasteiger partial charge is 0.243 e. The lowest BCUT2D eigenvalue weighted by atomic mass is 9.96. The van der Waals surface area contributed by atoms with E-state index >= 15 is 0 Å². The second-order valence-corrected chi connectivity index (χ2v) is 14.9. The molecule has 1 fully saturated rings.